The van der Waals surface area contributed by atoms with Crippen LogP contribution in [0.2, 0.25) is 0 Å². The van der Waals surface area contributed by atoms with Crippen LogP contribution in [-0.2, 0) is 11.4 Å². The molecule has 4 nitrogen and oxygen atoms in total. The van der Waals surface area contributed by atoms with Crippen molar-refractivity contribution in [3.8, 4) is 0 Å². The van der Waals surface area contributed by atoms with Gasteiger partial charge in [0, 0.05) is 13.1 Å². The summed E-state index contributed by atoms with van der Waals surface area (Å²) < 4.78 is 0. The summed E-state index contributed by atoms with van der Waals surface area (Å²) >= 11 is 0. The molecule has 0 atom stereocenters. The molecule has 5 heteroatoms. The highest BCUT2D eigenvalue weighted by Crippen LogP contribution is 1.98. The highest BCUT2D eigenvalue weighted by molar-refractivity contribution is 14.0. The highest BCUT2D eigenvalue weighted by Gasteiger charge is 1.96. The van der Waals surface area contributed by atoms with Gasteiger partial charge in [-0.15, -0.1) is 24.0 Å². The Morgan fingerprint density at radius 1 is 1.24 bits per heavy atom. The van der Waals surface area contributed by atoms with E-state index in [9.17, 15) is 0 Å². The number of halogens is 1. The van der Waals surface area contributed by atoms with Crippen molar-refractivity contribution in [3.63, 3.8) is 0 Å². The van der Waals surface area contributed by atoms with Crippen LogP contribution in [0.4, 0.5) is 0 Å². The van der Waals surface area contributed by atoms with E-state index in [0.717, 1.165) is 18.7 Å². The summed E-state index contributed by atoms with van der Waals surface area (Å²) in [5, 5.41) is 3.08. The van der Waals surface area contributed by atoms with Crippen LogP contribution in [0.1, 0.15) is 19.4 Å². The van der Waals surface area contributed by atoms with Gasteiger partial charge in [0.05, 0.1) is 6.61 Å². The van der Waals surface area contributed by atoms with Crippen molar-refractivity contribution in [3.05, 3.63) is 35.9 Å². The fourth-order valence-corrected chi connectivity index (χ4v) is 1.21. The normalized spacial score (nSPS) is 10.6. The maximum atomic E-state index is 5.34. The summed E-state index contributed by atoms with van der Waals surface area (Å²) in [5.41, 5.74) is 3.94. The first kappa shape index (κ1) is 16.2. The van der Waals surface area contributed by atoms with Crippen molar-refractivity contribution in [1.29, 1.82) is 0 Å². The lowest BCUT2D eigenvalue weighted by Crippen LogP contribution is -2.37. The molecule has 0 saturated carbocycles. The van der Waals surface area contributed by atoms with Crippen molar-refractivity contribution in [2.45, 2.75) is 20.5 Å². The Bertz CT molecular complexity index is 317. The minimum atomic E-state index is 0. The minimum absolute atomic E-state index is 0. The first-order valence-corrected chi connectivity index (χ1v) is 5.56. The molecule has 1 rings (SSSR count). The van der Waals surface area contributed by atoms with Crippen LogP contribution in [-0.4, -0.2) is 19.0 Å². The molecule has 0 aliphatic heterocycles. The molecule has 17 heavy (non-hydrogen) atoms. The molecule has 0 bridgehead atoms. The standard InChI is InChI=1S/C12H19N3O.HI/c1-3-13-12(14-4-2)15-16-10-11-8-6-5-7-9-11;/h5-9H,3-4,10H2,1-2H3,(H2,13,14,15);1H. The van der Waals surface area contributed by atoms with Crippen molar-refractivity contribution in [1.82, 2.24) is 10.8 Å². The molecule has 2 N–H and O–H groups in total. The Labute approximate surface area is 120 Å². The molecule has 0 aliphatic carbocycles. The van der Waals surface area contributed by atoms with E-state index in [1.165, 1.54) is 0 Å². The van der Waals surface area contributed by atoms with E-state index in [0.29, 0.717) is 12.6 Å². The van der Waals surface area contributed by atoms with Gasteiger partial charge in [0.15, 0.2) is 0 Å². The van der Waals surface area contributed by atoms with Gasteiger partial charge in [-0.2, -0.15) is 0 Å². The van der Waals surface area contributed by atoms with Crippen molar-refractivity contribution < 1.29 is 4.84 Å². The van der Waals surface area contributed by atoms with Gasteiger partial charge in [-0.3, -0.25) is 9.83 Å². The maximum absolute atomic E-state index is 5.34. The van der Waals surface area contributed by atoms with Gasteiger partial charge in [0.2, 0.25) is 5.96 Å². The number of benzene rings is 1. The molecular weight excluding hydrogens is 329 g/mol. The van der Waals surface area contributed by atoms with Gasteiger partial charge >= 0.3 is 0 Å². The van der Waals surface area contributed by atoms with Gasteiger partial charge in [0.25, 0.3) is 0 Å². The van der Waals surface area contributed by atoms with E-state index in [1.807, 2.05) is 44.2 Å². The smallest absolute Gasteiger partial charge is 0.215 e. The SMILES string of the molecule is CCN=C(NCC)NOCc1ccccc1.I. The molecule has 0 heterocycles. The quantitative estimate of drug-likeness (QED) is 0.371. The molecule has 96 valence electrons. The van der Waals surface area contributed by atoms with Crippen LogP contribution in [0.15, 0.2) is 35.3 Å². The number of hydroxylamine groups is 1. The largest absolute Gasteiger partial charge is 0.355 e. The average Bonchev–Trinajstić information content (AvgIpc) is 2.31. The Morgan fingerprint density at radius 3 is 2.53 bits per heavy atom. The lowest BCUT2D eigenvalue weighted by Gasteiger charge is -2.10. The molecule has 0 spiro atoms. The topological polar surface area (TPSA) is 45.7 Å². The molecule has 1 aromatic rings. The Balaban J connectivity index is 0.00000256. The van der Waals surface area contributed by atoms with Crippen LogP contribution in [0.5, 0.6) is 0 Å². The molecule has 0 saturated heterocycles. The Morgan fingerprint density at radius 2 is 1.94 bits per heavy atom. The van der Waals surface area contributed by atoms with Gasteiger partial charge in [0.1, 0.15) is 0 Å². The third-order valence-electron chi connectivity index (χ3n) is 1.91. The molecule has 0 fully saturated rings. The maximum Gasteiger partial charge on any atom is 0.215 e. The molecule has 0 aliphatic rings. The Hall–Kier alpha value is -0.820. The first-order chi connectivity index (χ1) is 7.86. The van der Waals surface area contributed by atoms with Crippen LogP contribution in [0, 0.1) is 0 Å². The second kappa shape index (κ2) is 10.3. The number of hydrogen-bond donors (Lipinski definition) is 2. The molecule has 0 radical (unpaired) electrons. The highest BCUT2D eigenvalue weighted by atomic mass is 127. The molecule has 0 unspecified atom stereocenters. The van der Waals surface area contributed by atoms with Crippen LogP contribution >= 0.6 is 24.0 Å². The summed E-state index contributed by atoms with van der Waals surface area (Å²) in [6.07, 6.45) is 0. The Kier molecular flexibility index (Phi) is 9.84. The van der Waals surface area contributed by atoms with E-state index < -0.39 is 0 Å². The van der Waals surface area contributed by atoms with Gasteiger partial charge in [-0.25, -0.2) is 5.48 Å². The van der Waals surface area contributed by atoms with Gasteiger partial charge < -0.3 is 5.32 Å². The van der Waals surface area contributed by atoms with Crippen molar-refractivity contribution >= 4 is 29.9 Å². The van der Waals surface area contributed by atoms with Crippen LogP contribution < -0.4 is 10.8 Å². The van der Waals surface area contributed by atoms with E-state index in [4.69, 9.17) is 4.84 Å². The zero-order valence-corrected chi connectivity index (χ0v) is 12.6. The summed E-state index contributed by atoms with van der Waals surface area (Å²) in [5.74, 6) is 0.681. The van der Waals surface area contributed by atoms with Crippen molar-refractivity contribution in [2.24, 2.45) is 4.99 Å². The second-order valence-corrected chi connectivity index (χ2v) is 3.23. The summed E-state index contributed by atoms with van der Waals surface area (Å²) in [4.78, 5) is 9.56. The monoisotopic (exact) mass is 349 g/mol. The third kappa shape index (κ3) is 7.17. The van der Waals surface area contributed by atoms with Gasteiger partial charge in [-0.1, -0.05) is 30.3 Å². The fraction of sp³-hybridized carbons (Fsp3) is 0.417. The summed E-state index contributed by atoms with van der Waals surface area (Å²) in [7, 11) is 0. The number of rotatable bonds is 5. The number of guanidine groups is 1. The molecule has 0 amide bonds. The predicted octanol–water partition coefficient (Wildman–Crippen LogP) is 2.31. The van der Waals surface area contributed by atoms with E-state index in [-0.39, 0.29) is 24.0 Å². The van der Waals surface area contributed by atoms with Crippen LogP contribution in [0.25, 0.3) is 0 Å². The first-order valence-electron chi connectivity index (χ1n) is 5.56. The number of hydrogen-bond acceptors (Lipinski definition) is 2. The van der Waals surface area contributed by atoms with E-state index >= 15 is 0 Å². The number of nitrogens with zero attached hydrogens (tertiary/aromatic N) is 1. The predicted molar refractivity (Wildman–Crippen MR) is 81.4 cm³/mol. The summed E-state index contributed by atoms with van der Waals surface area (Å²) in [6.45, 7) is 6.07. The lowest BCUT2D eigenvalue weighted by molar-refractivity contribution is 0.0686. The number of aliphatic imine (C=N–C) groups is 1. The molecule has 1 aromatic carbocycles. The van der Waals surface area contributed by atoms with Gasteiger partial charge in [-0.05, 0) is 19.4 Å². The van der Waals surface area contributed by atoms with E-state index in [1.54, 1.807) is 0 Å². The zero-order chi connectivity index (χ0) is 11.6. The fourth-order valence-electron chi connectivity index (χ4n) is 1.21. The molecule has 0 aromatic heterocycles. The minimum Gasteiger partial charge on any atom is -0.355 e. The van der Waals surface area contributed by atoms with E-state index in [2.05, 4.69) is 15.8 Å². The lowest BCUT2D eigenvalue weighted by atomic mass is 10.2. The average molecular weight is 349 g/mol. The van der Waals surface area contributed by atoms with Crippen LogP contribution in [0.3, 0.4) is 0 Å². The summed E-state index contributed by atoms with van der Waals surface area (Å²) in [6, 6.07) is 10.0. The molecular formula is C12H20IN3O. The second-order valence-electron chi connectivity index (χ2n) is 3.23. The zero-order valence-electron chi connectivity index (χ0n) is 10.3. The third-order valence-corrected chi connectivity index (χ3v) is 1.91. The number of nitrogens with one attached hydrogen (secondary N) is 2. The van der Waals surface area contributed by atoms with Crippen molar-refractivity contribution in [2.75, 3.05) is 13.1 Å².